The maximum atomic E-state index is 12.4. The number of benzene rings is 2. The normalized spacial score (nSPS) is 12.4. The van der Waals surface area contributed by atoms with E-state index >= 15 is 0 Å². The maximum absolute atomic E-state index is 12.4. The van der Waals surface area contributed by atoms with E-state index in [-0.39, 0.29) is 11.7 Å². The van der Waals surface area contributed by atoms with Crippen LogP contribution >= 0.6 is 0 Å². The highest BCUT2D eigenvalue weighted by Crippen LogP contribution is 2.40. The van der Waals surface area contributed by atoms with E-state index in [1.165, 1.54) is 7.11 Å². The minimum atomic E-state index is -0.868. The molecule has 0 amide bonds. The zero-order valence-corrected chi connectivity index (χ0v) is 16.2. The number of phenolic OH excluding ortho intramolecular Hbond substituents is 1. The molecule has 0 bridgehead atoms. The third-order valence-electron chi connectivity index (χ3n) is 4.63. The van der Waals surface area contributed by atoms with Gasteiger partial charge in [-0.25, -0.2) is 0 Å². The Kier molecular flexibility index (Phi) is 5.80. The Morgan fingerprint density at radius 2 is 1.73 bits per heavy atom. The molecule has 26 heavy (non-hydrogen) atoms. The maximum Gasteiger partial charge on any atom is 0.313 e. The van der Waals surface area contributed by atoms with E-state index < -0.39 is 11.5 Å². The Hall–Kier alpha value is -2.69. The molecule has 1 atom stereocenters. The number of nitrogens with one attached hydrogen (secondary N) is 1. The van der Waals surface area contributed by atoms with Gasteiger partial charge >= 0.3 is 5.97 Å². The van der Waals surface area contributed by atoms with Crippen molar-refractivity contribution in [2.24, 2.45) is 5.41 Å². The Labute approximate surface area is 155 Å². The van der Waals surface area contributed by atoms with Crippen LogP contribution < -0.4 is 10.1 Å². The Bertz CT molecular complexity index is 781. The predicted octanol–water partition coefficient (Wildman–Crippen LogP) is 4.37. The number of anilines is 1. The third-order valence-corrected chi connectivity index (χ3v) is 4.63. The SMILES string of the molecule is COC(=O)C(C)(C)[C@@H](Nc1cc(C)cc(C)c1O)c1ccc(OC)cc1. The number of aromatic hydroxyl groups is 1. The second-order valence-electron chi connectivity index (χ2n) is 7.04. The van der Waals surface area contributed by atoms with Gasteiger partial charge in [0.1, 0.15) is 11.5 Å². The molecule has 5 heteroatoms. The molecule has 0 aliphatic carbocycles. The van der Waals surface area contributed by atoms with E-state index in [1.807, 2.05) is 64.1 Å². The van der Waals surface area contributed by atoms with E-state index in [0.29, 0.717) is 5.69 Å². The Morgan fingerprint density at radius 3 is 2.27 bits per heavy atom. The first-order valence-corrected chi connectivity index (χ1v) is 8.49. The molecule has 0 aliphatic rings. The van der Waals surface area contributed by atoms with Gasteiger partial charge in [-0.05, 0) is 62.6 Å². The van der Waals surface area contributed by atoms with Gasteiger partial charge in [0.15, 0.2) is 0 Å². The average molecular weight is 357 g/mol. The zero-order valence-electron chi connectivity index (χ0n) is 16.2. The number of methoxy groups -OCH3 is 2. The molecule has 140 valence electrons. The highest BCUT2D eigenvalue weighted by Gasteiger charge is 2.39. The molecule has 0 spiro atoms. The van der Waals surface area contributed by atoms with Gasteiger partial charge in [0.25, 0.3) is 0 Å². The fraction of sp³-hybridized carbons (Fsp3) is 0.381. The van der Waals surface area contributed by atoms with Crippen molar-refractivity contribution in [3.05, 3.63) is 53.1 Å². The molecule has 2 aromatic rings. The minimum Gasteiger partial charge on any atom is -0.506 e. The third kappa shape index (κ3) is 3.93. The molecule has 2 aromatic carbocycles. The molecule has 0 heterocycles. The number of carbonyl (C=O) groups is 1. The van der Waals surface area contributed by atoms with E-state index in [2.05, 4.69) is 5.32 Å². The first-order valence-electron chi connectivity index (χ1n) is 8.49. The Balaban J connectivity index is 2.52. The number of rotatable bonds is 6. The molecule has 0 radical (unpaired) electrons. The fourth-order valence-corrected chi connectivity index (χ4v) is 3.08. The van der Waals surface area contributed by atoms with Crippen LogP contribution in [0.15, 0.2) is 36.4 Å². The summed E-state index contributed by atoms with van der Waals surface area (Å²) in [5.74, 6) is 0.571. The summed E-state index contributed by atoms with van der Waals surface area (Å²) in [6, 6.07) is 10.9. The van der Waals surface area contributed by atoms with Crippen molar-refractivity contribution in [3.8, 4) is 11.5 Å². The van der Waals surface area contributed by atoms with Gasteiger partial charge in [-0.3, -0.25) is 4.79 Å². The van der Waals surface area contributed by atoms with Crippen molar-refractivity contribution in [2.75, 3.05) is 19.5 Å². The summed E-state index contributed by atoms with van der Waals surface area (Å²) in [6.45, 7) is 7.45. The molecule has 0 saturated heterocycles. The van der Waals surface area contributed by atoms with Crippen molar-refractivity contribution >= 4 is 11.7 Å². The van der Waals surface area contributed by atoms with Crippen LogP contribution in [-0.2, 0) is 9.53 Å². The summed E-state index contributed by atoms with van der Waals surface area (Å²) in [5, 5.41) is 13.8. The highest BCUT2D eigenvalue weighted by molar-refractivity contribution is 5.78. The summed E-state index contributed by atoms with van der Waals surface area (Å²) in [7, 11) is 2.99. The largest absolute Gasteiger partial charge is 0.506 e. The van der Waals surface area contributed by atoms with Crippen LogP contribution in [-0.4, -0.2) is 25.3 Å². The standard InChI is InChI=1S/C21H27NO4/c1-13-11-14(2)18(23)17(12-13)22-19(21(3,4)20(24)26-6)15-7-9-16(25-5)10-8-15/h7-12,19,22-23H,1-6H3/t19-/m0/s1. The van der Waals surface area contributed by atoms with Crippen molar-refractivity contribution in [1.29, 1.82) is 0 Å². The van der Waals surface area contributed by atoms with E-state index in [1.54, 1.807) is 7.11 Å². The molecular weight excluding hydrogens is 330 g/mol. The molecule has 0 aliphatic heterocycles. The van der Waals surface area contributed by atoms with Crippen molar-refractivity contribution in [1.82, 2.24) is 0 Å². The molecular formula is C21H27NO4. The first-order chi connectivity index (χ1) is 12.2. The topological polar surface area (TPSA) is 67.8 Å². The van der Waals surface area contributed by atoms with Gasteiger partial charge in [-0.15, -0.1) is 0 Å². The molecule has 2 rings (SSSR count). The number of hydrogen-bond donors (Lipinski definition) is 2. The minimum absolute atomic E-state index is 0.176. The number of aryl methyl sites for hydroxylation is 2. The summed E-state index contributed by atoms with van der Waals surface area (Å²) < 4.78 is 10.2. The van der Waals surface area contributed by atoms with Crippen molar-refractivity contribution in [2.45, 2.75) is 33.7 Å². The zero-order chi connectivity index (χ0) is 19.5. The molecule has 2 N–H and O–H groups in total. The fourth-order valence-electron chi connectivity index (χ4n) is 3.08. The number of esters is 1. The Morgan fingerprint density at radius 1 is 1.12 bits per heavy atom. The molecule has 0 fully saturated rings. The highest BCUT2D eigenvalue weighted by atomic mass is 16.5. The van der Waals surface area contributed by atoms with E-state index in [4.69, 9.17) is 9.47 Å². The lowest BCUT2D eigenvalue weighted by Gasteiger charge is -2.34. The van der Waals surface area contributed by atoms with Gasteiger partial charge in [0.2, 0.25) is 0 Å². The van der Waals surface area contributed by atoms with E-state index in [0.717, 1.165) is 22.4 Å². The summed E-state index contributed by atoms with van der Waals surface area (Å²) in [4.78, 5) is 12.4. The van der Waals surface area contributed by atoms with Crippen LogP contribution in [0.25, 0.3) is 0 Å². The second-order valence-corrected chi connectivity index (χ2v) is 7.04. The van der Waals surface area contributed by atoms with Crippen LogP contribution in [0.5, 0.6) is 11.5 Å². The average Bonchev–Trinajstić information content (AvgIpc) is 2.62. The van der Waals surface area contributed by atoms with Crippen LogP contribution in [0, 0.1) is 19.3 Å². The van der Waals surface area contributed by atoms with Gasteiger partial charge in [-0.2, -0.15) is 0 Å². The lowest BCUT2D eigenvalue weighted by atomic mass is 9.80. The lowest BCUT2D eigenvalue weighted by molar-refractivity contribution is -0.151. The van der Waals surface area contributed by atoms with Crippen molar-refractivity contribution in [3.63, 3.8) is 0 Å². The smallest absolute Gasteiger partial charge is 0.313 e. The predicted molar refractivity (Wildman–Crippen MR) is 103 cm³/mol. The number of phenols is 1. The first kappa shape index (κ1) is 19.6. The number of ether oxygens (including phenoxy) is 2. The molecule has 5 nitrogen and oxygen atoms in total. The van der Waals surface area contributed by atoms with Gasteiger partial charge in [-0.1, -0.05) is 18.2 Å². The number of carbonyl (C=O) groups excluding carboxylic acids is 1. The van der Waals surface area contributed by atoms with Gasteiger partial charge in [0, 0.05) is 0 Å². The van der Waals surface area contributed by atoms with Crippen molar-refractivity contribution < 1.29 is 19.4 Å². The summed E-state index contributed by atoms with van der Waals surface area (Å²) >= 11 is 0. The van der Waals surface area contributed by atoms with Crippen LogP contribution in [0.2, 0.25) is 0 Å². The lowest BCUT2D eigenvalue weighted by Crippen LogP contribution is -2.36. The summed E-state index contributed by atoms with van der Waals surface area (Å²) in [5.41, 5.74) is 2.40. The molecule has 0 saturated carbocycles. The van der Waals surface area contributed by atoms with Gasteiger partial charge < -0.3 is 19.9 Å². The molecule has 0 unspecified atom stereocenters. The molecule has 0 aromatic heterocycles. The van der Waals surface area contributed by atoms with E-state index in [9.17, 15) is 9.90 Å². The van der Waals surface area contributed by atoms with Crippen LogP contribution in [0.3, 0.4) is 0 Å². The van der Waals surface area contributed by atoms with Gasteiger partial charge in [0.05, 0.1) is 31.4 Å². The monoisotopic (exact) mass is 357 g/mol. The quantitative estimate of drug-likeness (QED) is 0.593. The summed E-state index contributed by atoms with van der Waals surface area (Å²) in [6.07, 6.45) is 0. The van der Waals surface area contributed by atoms with Crippen LogP contribution in [0.4, 0.5) is 5.69 Å². The van der Waals surface area contributed by atoms with Crippen LogP contribution in [0.1, 0.15) is 36.6 Å². The second kappa shape index (κ2) is 7.68. The number of hydrogen-bond acceptors (Lipinski definition) is 5.